The second kappa shape index (κ2) is 5.55. The van der Waals surface area contributed by atoms with Gasteiger partial charge >= 0.3 is 5.97 Å². The molecule has 0 spiro atoms. The van der Waals surface area contributed by atoms with Crippen LogP contribution in [0.4, 0.5) is 0 Å². The standard InChI is InChI=1S/C17H14O2S/c1-19-17(18)11-12-6-7-14-9-8-13-4-2-3-5-15(13)20-16(14)10-12/h2-10H,11H2,1H3. The minimum Gasteiger partial charge on any atom is -0.469 e. The quantitative estimate of drug-likeness (QED) is 0.664. The third-order valence-corrected chi connectivity index (χ3v) is 4.40. The van der Waals surface area contributed by atoms with Crippen LogP contribution in [0.2, 0.25) is 0 Å². The van der Waals surface area contributed by atoms with Crippen LogP contribution >= 0.6 is 11.8 Å². The molecule has 0 atom stereocenters. The Hall–Kier alpha value is -2.00. The molecule has 3 rings (SSSR count). The molecule has 3 heteroatoms. The van der Waals surface area contributed by atoms with E-state index in [-0.39, 0.29) is 5.97 Å². The zero-order valence-corrected chi connectivity index (χ0v) is 11.9. The summed E-state index contributed by atoms with van der Waals surface area (Å²) in [6.45, 7) is 0. The first-order valence-electron chi connectivity index (χ1n) is 6.41. The Morgan fingerprint density at radius 1 is 1.05 bits per heavy atom. The molecule has 0 saturated carbocycles. The SMILES string of the molecule is COC(=O)Cc1ccc2c(c1)Sc1ccccc1C=C2. The van der Waals surface area contributed by atoms with Gasteiger partial charge in [-0.15, -0.1) is 0 Å². The van der Waals surface area contributed by atoms with Gasteiger partial charge in [-0.3, -0.25) is 4.79 Å². The maximum Gasteiger partial charge on any atom is 0.309 e. The molecule has 0 N–H and O–H groups in total. The van der Waals surface area contributed by atoms with E-state index in [2.05, 4.69) is 36.4 Å². The molecule has 0 aromatic heterocycles. The Morgan fingerprint density at radius 3 is 2.60 bits per heavy atom. The number of carbonyl (C=O) groups is 1. The van der Waals surface area contributed by atoms with Gasteiger partial charge in [0.2, 0.25) is 0 Å². The van der Waals surface area contributed by atoms with Gasteiger partial charge in [-0.05, 0) is 28.8 Å². The molecule has 0 amide bonds. The fraction of sp³-hybridized carbons (Fsp3) is 0.118. The Labute approximate surface area is 122 Å². The van der Waals surface area contributed by atoms with Crippen LogP contribution in [-0.4, -0.2) is 13.1 Å². The molecular formula is C17H14O2S. The highest BCUT2D eigenvalue weighted by molar-refractivity contribution is 7.99. The van der Waals surface area contributed by atoms with Crippen LogP contribution in [0.5, 0.6) is 0 Å². The van der Waals surface area contributed by atoms with Crippen molar-refractivity contribution in [2.45, 2.75) is 16.2 Å². The maximum atomic E-state index is 11.4. The molecular weight excluding hydrogens is 268 g/mol. The normalized spacial score (nSPS) is 12.2. The van der Waals surface area contributed by atoms with Gasteiger partial charge in [0.15, 0.2) is 0 Å². The molecule has 20 heavy (non-hydrogen) atoms. The van der Waals surface area contributed by atoms with Crippen molar-refractivity contribution in [3.8, 4) is 0 Å². The summed E-state index contributed by atoms with van der Waals surface area (Å²) in [4.78, 5) is 13.8. The molecule has 100 valence electrons. The zero-order valence-electron chi connectivity index (χ0n) is 11.1. The van der Waals surface area contributed by atoms with Gasteiger partial charge in [-0.1, -0.05) is 54.2 Å². The van der Waals surface area contributed by atoms with Crippen molar-refractivity contribution >= 4 is 29.9 Å². The van der Waals surface area contributed by atoms with Gasteiger partial charge in [0.1, 0.15) is 0 Å². The first kappa shape index (κ1) is 13.0. The largest absolute Gasteiger partial charge is 0.469 e. The number of fused-ring (bicyclic) bond motifs is 2. The van der Waals surface area contributed by atoms with Crippen molar-refractivity contribution in [3.05, 3.63) is 59.2 Å². The fourth-order valence-corrected chi connectivity index (χ4v) is 3.26. The number of esters is 1. The van der Waals surface area contributed by atoms with Crippen LogP contribution in [-0.2, 0) is 16.0 Å². The number of methoxy groups -OCH3 is 1. The molecule has 2 aromatic carbocycles. The highest BCUT2D eigenvalue weighted by atomic mass is 32.2. The van der Waals surface area contributed by atoms with E-state index in [1.54, 1.807) is 11.8 Å². The van der Waals surface area contributed by atoms with Crippen LogP contribution in [0.25, 0.3) is 12.2 Å². The van der Waals surface area contributed by atoms with Crippen LogP contribution in [0.15, 0.2) is 52.3 Å². The van der Waals surface area contributed by atoms with Gasteiger partial charge in [0, 0.05) is 9.79 Å². The number of ether oxygens (including phenoxy) is 1. The minimum absolute atomic E-state index is 0.209. The Bertz CT molecular complexity index is 689. The number of hydrogen-bond donors (Lipinski definition) is 0. The molecule has 2 nitrogen and oxygen atoms in total. The van der Waals surface area contributed by atoms with Crippen molar-refractivity contribution in [2.24, 2.45) is 0 Å². The van der Waals surface area contributed by atoms with Crippen LogP contribution in [0.1, 0.15) is 16.7 Å². The molecule has 0 aliphatic carbocycles. The van der Waals surface area contributed by atoms with Gasteiger partial charge in [0.05, 0.1) is 13.5 Å². The lowest BCUT2D eigenvalue weighted by Crippen LogP contribution is -2.04. The number of rotatable bonds is 2. The topological polar surface area (TPSA) is 26.3 Å². The number of carbonyl (C=O) groups excluding carboxylic acids is 1. The summed E-state index contributed by atoms with van der Waals surface area (Å²) < 4.78 is 4.72. The second-order valence-corrected chi connectivity index (χ2v) is 5.68. The van der Waals surface area contributed by atoms with Gasteiger partial charge in [0.25, 0.3) is 0 Å². The first-order chi connectivity index (χ1) is 9.76. The molecule has 0 bridgehead atoms. The zero-order chi connectivity index (χ0) is 13.9. The summed E-state index contributed by atoms with van der Waals surface area (Å²) in [5, 5.41) is 0. The Balaban J connectivity index is 1.96. The predicted octanol–water partition coefficient (Wildman–Crippen LogP) is 4.04. The molecule has 1 aliphatic rings. The fourth-order valence-electron chi connectivity index (χ4n) is 2.16. The highest BCUT2D eigenvalue weighted by Gasteiger charge is 2.11. The second-order valence-electron chi connectivity index (χ2n) is 4.60. The highest BCUT2D eigenvalue weighted by Crippen LogP contribution is 2.37. The minimum atomic E-state index is -0.209. The van der Waals surface area contributed by atoms with Crippen molar-refractivity contribution in [1.82, 2.24) is 0 Å². The average molecular weight is 282 g/mol. The molecule has 1 heterocycles. The lowest BCUT2D eigenvalue weighted by molar-refractivity contribution is -0.139. The third-order valence-electron chi connectivity index (χ3n) is 3.24. The summed E-state index contributed by atoms with van der Waals surface area (Å²) >= 11 is 1.74. The van der Waals surface area contributed by atoms with Crippen molar-refractivity contribution in [2.75, 3.05) is 7.11 Å². The molecule has 0 radical (unpaired) electrons. The molecule has 0 fully saturated rings. The molecule has 0 saturated heterocycles. The van der Waals surface area contributed by atoms with E-state index < -0.39 is 0 Å². The van der Waals surface area contributed by atoms with E-state index in [1.165, 1.54) is 28.0 Å². The van der Waals surface area contributed by atoms with E-state index in [4.69, 9.17) is 4.74 Å². The van der Waals surface area contributed by atoms with Crippen LogP contribution < -0.4 is 0 Å². The Kier molecular flexibility index (Phi) is 3.61. The van der Waals surface area contributed by atoms with Gasteiger partial charge in [-0.2, -0.15) is 0 Å². The van der Waals surface area contributed by atoms with Gasteiger partial charge < -0.3 is 4.74 Å². The van der Waals surface area contributed by atoms with E-state index in [9.17, 15) is 4.79 Å². The van der Waals surface area contributed by atoms with Crippen LogP contribution in [0, 0.1) is 0 Å². The van der Waals surface area contributed by atoms with E-state index in [1.807, 2.05) is 18.2 Å². The third kappa shape index (κ3) is 2.63. The lowest BCUT2D eigenvalue weighted by Gasteiger charge is -2.08. The monoisotopic (exact) mass is 282 g/mol. The van der Waals surface area contributed by atoms with E-state index >= 15 is 0 Å². The average Bonchev–Trinajstić information content (AvgIpc) is 2.65. The summed E-state index contributed by atoms with van der Waals surface area (Å²) in [5.41, 5.74) is 3.39. The molecule has 2 aromatic rings. The molecule has 0 unspecified atom stereocenters. The Morgan fingerprint density at radius 2 is 1.80 bits per heavy atom. The van der Waals surface area contributed by atoms with E-state index in [0.717, 1.165) is 5.56 Å². The summed E-state index contributed by atoms with van der Waals surface area (Å²) in [5.74, 6) is -0.209. The van der Waals surface area contributed by atoms with Gasteiger partial charge in [-0.25, -0.2) is 0 Å². The van der Waals surface area contributed by atoms with Crippen LogP contribution in [0.3, 0.4) is 0 Å². The summed E-state index contributed by atoms with van der Waals surface area (Å²) in [6.07, 6.45) is 4.57. The summed E-state index contributed by atoms with van der Waals surface area (Å²) in [7, 11) is 1.42. The van der Waals surface area contributed by atoms with Crippen molar-refractivity contribution in [1.29, 1.82) is 0 Å². The smallest absolute Gasteiger partial charge is 0.309 e. The summed E-state index contributed by atoms with van der Waals surface area (Å²) in [6, 6.07) is 14.4. The lowest BCUT2D eigenvalue weighted by atomic mass is 10.1. The number of benzene rings is 2. The molecule has 1 aliphatic heterocycles. The predicted molar refractivity (Wildman–Crippen MR) is 81.7 cm³/mol. The van der Waals surface area contributed by atoms with E-state index in [0.29, 0.717) is 6.42 Å². The van der Waals surface area contributed by atoms with Crippen molar-refractivity contribution < 1.29 is 9.53 Å². The van der Waals surface area contributed by atoms with Crippen molar-refractivity contribution in [3.63, 3.8) is 0 Å². The number of hydrogen-bond acceptors (Lipinski definition) is 3. The first-order valence-corrected chi connectivity index (χ1v) is 7.22. The maximum absolute atomic E-state index is 11.4.